The van der Waals surface area contributed by atoms with Crippen LogP contribution in [0.3, 0.4) is 0 Å². The molecule has 1 heterocycles. The summed E-state index contributed by atoms with van der Waals surface area (Å²) in [4.78, 5) is 13.7. The van der Waals surface area contributed by atoms with Crippen molar-refractivity contribution >= 4 is 5.97 Å². The summed E-state index contributed by atoms with van der Waals surface area (Å²) in [5.74, 6) is -0.260. The lowest BCUT2D eigenvalue weighted by Gasteiger charge is -2.27. The molecule has 0 radical (unpaired) electrons. The normalized spacial score (nSPS) is 16.5. The first-order valence-electron chi connectivity index (χ1n) is 6.46. The zero-order valence-corrected chi connectivity index (χ0v) is 11.1. The molecule has 1 N–H and O–H groups in total. The SMILES string of the molecule is COC(=O)C1=C(O)CCN(CCc2ccccc2)C1. The third-order valence-corrected chi connectivity index (χ3v) is 3.39. The van der Waals surface area contributed by atoms with Gasteiger partial charge in [0.25, 0.3) is 0 Å². The van der Waals surface area contributed by atoms with E-state index in [0.29, 0.717) is 18.5 Å². The summed E-state index contributed by atoms with van der Waals surface area (Å²) < 4.78 is 4.69. The van der Waals surface area contributed by atoms with Gasteiger partial charge in [-0.05, 0) is 12.0 Å². The number of hydrogen-bond acceptors (Lipinski definition) is 4. The maximum absolute atomic E-state index is 11.5. The van der Waals surface area contributed by atoms with Crippen LogP contribution in [-0.4, -0.2) is 42.7 Å². The van der Waals surface area contributed by atoms with Crippen molar-refractivity contribution in [2.75, 3.05) is 26.7 Å². The third-order valence-electron chi connectivity index (χ3n) is 3.39. The van der Waals surface area contributed by atoms with Crippen LogP contribution in [0.1, 0.15) is 12.0 Å². The average Bonchev–Trinajstić information content (AvgIpc) is 2.46. The van der Waals surface area contributed by atoms with Gasteiger partial charge in [-0.3, -0.25) is 4.90 Å². The van der Waals surface area contributed by atoms with E-state index < -0.39 is 5.97 Å². The number of benzene rings is 1. The molecular weight excluding hydrogens is 242 g/mol. The molecule has 0 amide bonds. The van der Waals surface area contributed by atoms with Crippen molar-refractivity contribution in [1.29, 1.82) is 0 Å². The molecule has 1 aromatic rings. The monoisotopic (exact) mass is 261 g/mol. The van der Waals surface area contributed by atoms with Crippen LogP contribution >= 0.6 is 0 Å². The highest BCUT2D eigenvalue weighted by molar-refractivity contribution is 5.89. The van der Waals surface area contributed by atoms with Crippen molar-refractivity contribution in [3.05, 3.63) is 47.2 Å². The minimum atomic E-state index is -0.429. The van der Waals surface area contributed by atoms with Gasteiger partial charge in [0, 0.05) is 26.1 Å². The fraction of sp³-hybridized carbons (Fsp3) is 0.400. The van der Waals surface area contributed by atoms with Crippen LogP contribution in [0.25, 0.3) is 0 Å². The molecule has 0 unspecified atom stereocenters. The van der Waals surface area contributed by atoms with Crippen molar-refractivity contribution in [2.24, 2.45) is 0 Å². The summed E-state index contributed by atoms with van der Waals surface area (Å²) >= 11 is 0. The van der Waals surface area contributed by atoms with Crippen LogP contribution < -0.4 is 0 Å². The van der Waals surface area contributed by atoms with E-state index in [0.717, 1.165) is 19.5 Å². The second kappa shape index (κ2) is 6.38. The Morgan fingerprint density at radius 3 is 2.79 bits per heavy atom. The first-order chi connectivity index (χ1) is 9.20. The third kappa shape index (κ3) is 3.58. The van der Waals surface area contributed by atoms with Gasteiger partial charge in [0.1, 0.15) is 5.76 Å². The quantitative estimate of drug-likeness (QED) is 0.841. The largest absolute Gasteiger partial charge is 0.512 e. The molecule has 1 aliphatic rings. The molecule has 19 heavy (non-hydrogen) atoms. The van der Waals surface area contributed by atoms with E-state index in [1.807, 2.05) is 18.2 Å². The minimum absolute atomic E-state index is 0.169. The molecule has 1 aromatic carbocycles. The van der Waals surface area contributed by atoms with E-state index >= 15 is 0 Å². The summed E-state index contributed by atoms with van der Waals surface area (Å²) in [5.41, 5.74) is 1.67. The van der Waals surface area contributed by atoms with E-state index in [4.69, 9.17) is 0 Å². The molecule has 0 spiro atoms. The van der Waals surface area contributed by atoms with E-state index in [1.54, 1.807) is 0 Å². The van der Waals surface area contributed by atoms with Crippen LogP contribution in [0.5, 0.6) is 0 Å². The van der Waals surface area contributed by atoms with Gasteiger partial charge in [-0.2, -0.15) is 0 Å². The summed E-state index contributed by atoms with van der Waals surface area (Å²) in [6, 6.07) is 10.2. The van der Waals surface area contributed by atoms with Crippen LogP contribution in [0.4, 0.5) is 0 Å². The lowest BCUT2D eigenvalue weighted by Crippen LogP contribution is -2.36. The molecule has 102 valence electrons. The number of nitrogens with zero attached hydrogens (tertiary/aromatic N) is 1. The molecular formula is C15H19NO3. The van der Waals surface area contributed by atoms with Crippen molar-refractivity contribution < 1.29 is 14.6 Å². The van der Waals surface area contributed by atoms with Crippen LogP contribution in [0.2, 0.25) is 0 Å². The molecule has 1 aliphatic heterocycles. The number of ether oxygens (including phenoxy) is 1. The Labute approximate surface area is 113 Å². The number of rotatable bonds is 4. The van der Waals surface area contributed by atoms with E-state index in [9.17, 15) is 9.90 Å². The highest BCUT2D eigenvalue weighted by Crippen LogP contribution is 2.17. The molecule has 0 aromatic heterocycles. The topological polar surface area (TPSA) is 49.8 Å². The lowest BCUT2D eigenvalue weighted by atomic mass is 10.1. The van der Waals surface area contributed by atoms with Crippen LogP contribution in [-0.2, 0) is 16.0 Å². The number of hydrogen-bond donors (Lipinski definition) is 1. The van der Waals surface area contributed by atoms with Crippen LogP contribution in [0, 0.1) is 0 Å². The molecule has 2 rings (SSSR count). The van der Waals surface area contributed by atoms with E-state index in [1.165, 1.54) is 12.7 Å². The van der Waals surface area contributed by atoms with E-state index in [2.05, 4.69) is 21.8 Å². The smallest absolute Gasteiger partial charge is 0.338 e. The molecule has 0 saturated heterocycles. The lowest BCUT2D eigenvalue weighted by molar-refractivity contribution is -0.136. The van der Waals surface area contributed by atoms with Gasteiger partial charge < -0.3 is 9.84 Å². The average molecular weight is 261 g/mol. The van der Waals surface area contributed by atoms with Gasteiger partial charge in [0.15, 0.2) is 0 Å². The summed E-state index contributed by atoms with van der Waals surface area (Å²) in [6.07, 6.45) is 1.45. The van der Waals surface area contributed by atoms with Crippen LogP contribution in [0.15, 0.2) is 41.7 Å². The van der Waals surface area contributed by atoms with Gasteiger partial charge >= 0.3 is 5.97 Å². The fourth-order valence-corrected chi connectivity index (χ4v) is 2.24. The zero-order chi connectivity index (χ0) is 13.7. The zero-order valence-electron chi connectivity index (χ0n) is 11.1. The van der Waals surface area contributed by atoms with Gasteiger partial charge in [0.2, 0.25) is 0 Å². The van der Waals surface area contributed by atoms with Gasteiger partial charge in [-0.1, -0.05) is 30.3 Å². The summed E-state index contributed by atoms with van der Waals surface area (Å²) in [7, 11) is 1.34. The highest BCUT2D eigenvalue weighted by atomic mass is 16.5. The second-order valence-corrected chi connectivity index (χ2v) is 4.68. The molecule has 0 bridgehead atoms. The van der Waals surface area contributed by atoms with Crippen molar-refractivity contribution in [2.45, 2.75) is 12.8 Å². The molecule has 4 heteroatoms. The maximum atomic E-state index is 11.5. The van der Waals surface area contributed by atoms with Gasteiger partial charge in [0.05, 0.1) is 12.7 Å². The summed E-state index contributed by atoms with van der Waals surface area (Å²) in [6.45, 7) is 2.11. The molecule has 0 atom stereocenters. The number of carbonyl (C=O) groups excluding carboxylic acids is 1. The highest BCUT2D eigenvalue weighted by Gasteiger charge is 2.23. The summed E-state index contributed by atoms with van der Waals surface area (Å²) in [5, 5.41) is 9.73. The second-order valence-electron chi connectivity index (χ2n) is 4.68. The first-order valence-corrected chi connectivity index (χ1v) is 6.46. The first kappa shape index (κ1) is 13.6. The van der Waals surface area contributed by atoms with Gasteiger partial charge in [-0.25, -0.2) is 4.79 Å². The number of aliphatic hydroxyl groups excluding tert-OH is 1. The number of esters is 1. The Balaban J connectivity index is 1.92. The Kier molecular flexibility index (Phi) is 4.58. The maximum Gasteiger partial charge on any atom is 0.338 e. The number of carbonyl (C=O) groups is 1. The molecule has 4 nitrogen and oxygen atoms in total. The standard InChI is InChI=1S/C15H19NO3/c1-19-15(18)13-11-16(10-8-14(13)17)9-7-12-5-3-2-4-6-12/h2-6,17H,7-11H2,1H3. The Hall–Kier alpha value is -1.81. The predicted octanol–water partition coefficient (Wildman–Crippen LogP) is 1.92. The minimum Gasteiger partial charge on any atom is -0.512 e. The Morgan fingerprint density at radius 2 is 2.11 bits per heavy atom. The Bertz CT molecular complexity index is 468. The van der Waals surface area contributed by atoms with Gasteiger partial charge in [-0.15, -0.1) is 0 Å². The number of methoxy groups -OCH3 is 1. The van der Waals surface area contributed by atoms with Crippen molar-refractivity contribution in [3.63, 3.8) is 0 Å². The molecule has 0 aliphatic carbocycles. The van der Waals surface area contributed by atoms with E-state index in [-0.39, 0.29) is 5.76 Å². The van der Waals surface area contributed by atoms with Crippen molar-refractivity contribution in [1.82, 2.24) is 4.90 Å². The number of aliphatic hydroxyl groups is 1. The van der Waals surface area contributed by atoms with Crippen molar-refractivity contribution in [3.8, 4) is 0 Å². The Morgan fingerprint density at radius 1 is 1.37 bits per heavy atom. The fourth-order valence-electron chi connectivity index (χ4n) is 2.24. The molecule has 0 fully saturated rings. The molecule has 0 saturated carbocycles. The predicted molar refractivity (Wildman–Crippen MR) is 72.9 cm³/mol.